The Morgan fingerprint density at radius 2 is 0.791 bits per heavy atom. The molecule has 0 heterocycles. The Kier molecular flexibility index (Phi) is 31.5. The van der Waals surface area contributed by atoms with Gasteiger partial charge in [0.15, 0.2) is 0 Å². The molecule has 0 aromatic heterocycles. The van der Waals surface area contributed by atoms with Crippen molar-refractivity contribution >= 4 is 11.9 Å². The molecule has 1 N–H and O–H groups in total. The fraction of sp³-hybridized carbons (Fsp3) is 0.947. The third-order valence-electron chi connectivity index (χ3n) is 8.81. The smallest absolute Gasteiger partial charge is 0.305 e. The molecule has 1 unspecified atom stereocenters. The van der Waals surface area contributed by atoms with E-state index in [0.717, 1.165) is 37.5 Å². The molecule has 0 bridgehead atoms. The van der Waals surface area contributed by atoms with Gasteiger partial charge in [-0.25, -0.2) is 0 Å². The lowest BCUT2D eigenvalue weighted by Crippen LogP contribution is -2.25. The van der Waals surface area contributed by atoms with E-state index in [1.165, 1.54) is 135 Å². The summed E-state index contributed by atoms with van der Waals surface area (Å²) in [7, 11) is 0. The molecule has 0 spiro atoms. The van der Waals surface area contributed by atoms with Gasteiger partial charge in [0, 0.05) is 12.8 Å². The van der Waals surface area contributed by atoms with Crippen molar-refractivity contribution in [3.8, 4) is 0 Å². The number of rotatable bonds is 33. The minimum absolute atomic E-state index is 0.109. The van der Waals surface area contributed by atoms with Crippen molar-refractivity contribution in [1.29, 1.82) is 0 Å². The van der Waals surface area contributed by atoms with Crippen LogP contribution in [0.15, 0.2) is 0 Å². The van der Waals surface area contributed by atoms with Gasteiger partial charge in [-0.3, -0.25) is 9.59 Å². The number of ether oxygens (including phenoxy) is 2. The molecule has 0 saturated carbocycles. The molecule has 43 heavy (non-hydrogen) atoms. The van der Waals surface area contributed by atoms with Crippen LogP contribution in [0.3, 0.4) is 0 Å². The quantitative estimate of drug-likeness (QED) is 0.0591. The Balaban J connectivity index is 3.41. The van der Waals surface area contributed by atoms with Crippen LogP contribution in [0.1, 0.15) is 201 Å². The van der Waals surface area contributed by atoms with Gasteiger partial charge in [-0.2, -0.15) is 0 Å². The summed E-state index contributed by atoms with van der Waals surface area (Å²) in [6.45, 7) is 9.03. The highest BCUT2D eigenvalue weighted by Gasteiger charge is 2.12. The highest BCUT2D eigenvalue weighted by atomic mass is 16.6. The van der Waals surface area contributed by atoms with Crippen LogP contribution in [0.25, 0.3) is 0 Å². The van der Waals surface area contributed by atoms with Gasteiger partial charge in [0.1, 0.15) is 19.3 Å². The first-order chi connectivity index (χ1) is 20.8. The summed E-state index contributed by atoms with van der Waals surface area (Å²) in [5.74, 6) is 1.17. The summed E-state index contributed by atoms with van der Waals surface area (Å²) in [6.07, 6.45) is 31.5. The van der Waals surface area contributed by atoms with E-state index in [0.29, 0.717) is 12.8 Å². The maximum atomic E-state index is 11.9. The Morgan fingerprint density at radius 1 is 0.488 bits per heavy atom. The molecule has 0 radical (unpaired) electrons. The molecule has 0 aliphatic rings. The van der Waals surface area contributed by atoms with Crippen LogP contribution >= 0.6 is 0 Å². The molecule has 0 aliphatic carbocycles. The molecule has 0 fully saturated rings. The van der Waals surface area contributed by atoms with Crippen LogP contribution < -0.4 is 0 Å². The van der Waals surface area contributed by atoms with Gasteiger partial charge in [-0.15, -0.1) is 0 Å². The summed E-state index contributed by atoms with van der Waals surface area (Å²) in [5, 5.41) is 9.99. The minimum atomic E-state index is -0.956. The maximum Gasteiger partial charge on any atom is 0.305 e. The fourth-order valence-electron chi connectivity index (χ4n) is 5.54. The molecule has 0 aromatic rings. The third-order valence-corrected chi connectivity index (χ3v) is 8.81. The molecular formula is C38H74O5. The van der Waals surface area contributed by atoms with Crippen molar-refractivity contribution in [3.63, 3.8) is 0 Å². The van der Waals surface area contributed by atoms with Crippen molar-refractivity contribution in [2.24, 2.45) is 11.8 Å². The lowest BCUT2D eigenvalue weighted by Gasteiger charge is -2.12. The maximum absolute atomic E-state index is 11.9. The lowest BCUT2D eigenvalue weighted by atomic mass is 9.99. The topological polar surface area (TPSA) is 72.8 Å². The zero-order valence-corrected chi connectivity index (χ0v) is 29.3. The van der Waals surface area contributed by atoms with Crippen molar-refractivity contribution in [2.45, 2.75) is 207 Å². The van der Waals surface area contributed by atoms with E-state index in [9.17, 15) is 14.7 Å². The van der Waals surface area contributed by atoms with Gasteiger partial charge in [0.2, 0.25) is 0 Å². The van der Waals surface area contributed by atoms with E-state index in [4.69, 9.17) is 9.47 Å². The fourth-order valence-corrected chi connectivity index (χ4v) is 5.54. The van der Waals surface area contributed by atoms with Crippen molar-refractivity contribution < 1.29 is 24.2 Å². The molecule has 0 aliphatic heterocycles. The molecule has 2 atom stereocenters. The standard InChI is InChI=1S/C38H74O5/c1-5-35(4)29-25-21-17-13-10-11-15-19-23-27-31-38(41)43-33-36(39)32-42-37(40)30-26-22-18-14-9-7-6-8-12-16-20-24-28-34(2)3/h34-36,39H,5-33H2,1-4H3/t35?,36-/m1/s1. The molecule has 5 heteroatoms. The van der Waals surface area contributed by atoms with E-state index in [1.54, 1.807) is 0 Å². The molecule has 0 rings (SSSR count). The van der Waals surface area contributed by atoms with E-state index in [-0.39, 0.29) is 25.2 Å². The molecular weight excluding hydrogens is 536 g/mol. The molecule has 0 saturated heterocycles. The predicted molar refractivity (Wildman–Crippen MR) is 182 cm³/mol. The average Bonchev–Trinajstić information content (AvgIpc) is 2.99. The number of carbonyl (C=O) groups is 2. The Hall–Kier alpha value is -1.10. The second kappa shape index (κ2) is 32.3. The predicted octanol–water partition coefficient (Wildman–Crippen LogP) is 11.3. The number of aliphatic hydroxyl groups excluding tert-OH is 1. The van der Waals surface area contributed by atoms with Crippen LogP contribution in [0.4, 0.5) is 0 Å². The van der Waals surface area contributed by atoms with Gasteiger partial charge >= 0.3 is 11.9 Å². The zero-order chi connectivity index (χ0) is 31.8. The Morgan fingerprint density at radius 3 is 1.12 bits per heavy atom. The summed E-state index contributed by atoms with van der Waals surface area (Å²) < 4.78 is 10.3. The van der Waals surface area contributed by atoms with Gasteiger partial charge in [0.05, 0.1) is 0 Å². The van der Waals surface area contributed by atoms with Crippen molar-refractivity contribution in [2.75, 3.05) is 13.2 Å². The number of hydrogen-bond acceptors (Lipinski definition) is 5. The van der Waals surface area contributed by atoms with E-state index >= 15 is 0 Å². The summed E-state index contributed by atoms with van der Waals surface area (Å²) in [5.41, 5.74) is 0. The van der Waals surface area contributed by atoms with Crippen LogP contribution in [0, 0.1) is 11.8 Å². The molecule has 256 valence electrons. The summed E-state index contributed by atoms with van der Waals surface area (Å²) >= 11 is 0. The minimum Gasteiger partial charge on any atom is -0.463 e. The largest absolute Gasteiger partial charge is 0.463 e. The number of carbonyl (C=O) groups excluding carboxylic acids is 2. The molecule has 5 nitrogen and oxygen atoms in total. The van der Waals surface area contributed by atoms with E-state index in [2.05, 4.69) is 27.7 Å². The zero-order valence-electron chi connectivity index (χ0n) is 29.3. The number of aliphatic hydroxyl groups is 1. The van der Waals surface area contributed by atoms with E-state index < -0.39 is 6.10 Å². The highest BCUT2D eigenvalue weighted by Crippen LogP contribution is 2.16. The Labute approximate surface area is 268 Å². The van der Waals surface area contributed by atoms with Crippen LogP contribution in [0.5, 0.6) is 0 Å². The first-order valence-electron chi connectivity index (χ1n) is 18.8. The normalized spacial score (nSPS) is 12.9. The first-order valence-corrected chi connectivity index (χ1v) is 18.8. The first kappa shape index (κ1) is 41.9. The number of unbranched alkanes of at least 4 members (excludes halogenated alkanes) is 20. The molecule has 0 amide bonds. The van der Waals surface area contributed by atoms with Crippen LogP contribution in [-0.2, 0) is 19.1 Å². The van der Waals surface area contributed by atoms with Gasteiger partial charge in [-0.05, 0) is 24.7 Å². The summed E-state index contributed by atoms with van der Waals surface area (Å²) in [6, 6.07) is 0. The van der Waals surface area contributed by atoms with E-state index in [1.807, 2.05) is 0 Å². The van der Waals surface area contributed by atoms with Gasteiger partial charge in [0.25, 0.3) is 0 Å². The van der Waals surface area contributed by atoms with Gasteiger partial charge in [-0.1, -0.05) is 175 Å². The molecule has 0 aromatic carbocycles. The summed E-state index contributed by atoms with van der Waals surface area (Å²) in [4.78, 5) is 23.9. The second-order valence-corrected chi connectivity index (χ2v) is 13.8. The van der Waals surface area contributed by atoms with Gasteiger partial charge < -0.3 is 14.6 Å². The van der Waals surface area contributed by atoms with Crippen molar-refractivity contribution in [3.05, 3.63) is 0 Å². The lowest BCUT2D eigenvalue weighted by molar-refractivity contribution is -0.152. The van der Waals surface area contributed by atoms with Crippen molar-refractivity contribution in [1.82, 2.24) is 0 Å². The monoisotopic (exact) mass is 611 g/mol. The number of esters is 2. The van der Waals surface area contributed by atoms with Crippen LogP contribution in [-0.4, -0.2) is 36.4 Å². The second-order valence-electron chi connectivity index (χ2n) is 13.8. The average molecular weight is 611 g/mol. The number of hydrogen-bond donors (Lipinski definition) is 1. The highest BCUT2D eigenvalue weighted by molar-refractivity contribution is 5.69. The SMILES string of the molecule is CCC(C)CCCCCCCCCCCCC(=O)OC[C@H](O)COC(=O)CCCCCCCCCCCCCCC(C)C. The Bertz CT molecular complexity index is 605. The van der Waals surface area contributed by atoms with Crippen LogP contribution in [0.2, 0.25) is 0 Å². The third kappa shape index (κ3) is 33.6.